The largest absolute Gasteiger partial charge is 0.350 e. The third kappa shape index (κ3) is 5.16. The first-order valence-corrected chi connectivity index (χ1v) is 9.21. The molecule has 0 atom stereocenters. The highest BCUT2D eigenvalue weighted by Gasteiger charge is 2.15. The topological polar surface area (TPSA) is 58.1 Å². The van der Waals surface area contributed by atoms with Crippen LogP contribution >= 0.6 is 11.6 Å². The number of halogens is 1. The van der Waals surface area contributed by atoms with Crippen molar-refractivity contribution in [2.45, 2.75) is 32.1 Å². The summed E-state index contributed by atoms with van der Waals surface area (Å²) < 4.78 is 0. The highest BCUT2D eigenvalue weighted by Crippen LogP contribution is 2.15. The molecule has 1 N–H and O–H groups in total. The van der Waals surface area contributed by atoms with Gasteiger partial charge in [-0.2, -0.15) is 0 Å². The molecule has 1 amide bonds. The first-order chi connectivity index (χ1) is 12.2. The van der Waals surface area contributed by atoms with Crippen molar-refractivity contribution in [3.63, 3.8) is 0 Å². The fourth-order valence-corrected chi connectivity index (χ4v) is 3.21. The molecule has 6 heteroatoms. The molecule has 0 aliphatic carbocycles. The Bertz CT molecular complexity index is 714. The molecule has 1 fully saturated rings. The lowest BCUT2D eigenvalue weighted by Crippen LogP contribution is -2.29. The molecule has 132 valence electrons. The molecule has 5 nitrogen and oxygen atoms in total. The van der Waals surface area contributed by atoms with Gasteiger partial charge in [-0.3, -0.25) is 4.79 Å². The molecule has 1 aliphatic rings. The average Bonchev–Trinajstić information content (AvgIpc) is 2.91. The monoisotopic (exact) mass is 358 g/mol. The molecule has 1 aromatic heterocycles. The van der Waals surface area contributed by atoms with Gasteiger partial charge in [-0.1, -0.05) is 36.6 Å². The third-order valence-corrected chi connectivity index (χ3v) is 4.59. The van der Waals surface area contributed by atoms with Gasteiger partial charge in [-0.15, -0.1) is 0 Å². The van der Waals surface area contributed by atoms with Crippen LogP contribution < -0.4 is 10.2 Å². The summed E-state index contributed by atoms with van der Waals surface area (Å²) in [6, 6.07) is 9.33. The van der Waals surface area contributed by atoms with Crippen molar-refractivity contribution in [2.75, 3.05) is 24.5 Å². The number of nitrogens with one attached hydrogen (secondary N) is 1. The van der Waals surface area contributed by atoms with E-state index < -0.39 is 0 Å². The molecule has 1 aliphatic heterocycles. The van der Waals surface area contributed by atoms with Crippen molar-refractivity contribution in [3.05, 3.63) is 52.8 Å². The van der Waals surface area contributed by atoms with E-state index in [2.05, 4.69) is 20.2 Å². The second-order valence-electron chi connectivity index (χ2n) is 6.28. The second kappa shape index (κ2) is 8.81. The molecule has 2 heterocycles. The fraction of sp³-hybridized carbons (Fsp3) is 0.421. The highest BCUT2D eigenvalue weighted by atomic mass is 35.5. The van der Waals surface area contributed by atoms with Crippen LogP contribution in [0.25, 0.3) is 0 Å². The number of rotatable bonds is 5. The smallest absolute Gasteiger partial charge is 0.270 e. The van der Waals surface area contributed by atoms with Crippen LogP contribution in [0.3, 0.4) is 0 Å². The average molecular weight is 359 g/mol. The van der Waals surface area contributed by atoms with Crippen molar-refractivity contribution < 1.29 is 4.79 Å². The minimum absolute atomic E-state index is 0.166. The number of carbonyl (C=O) groups is 1. The lowest BCUT2D eigenvalue weighted by Gasteiger charge is -2.20. The van der Waals surface area contributed by atoms with Gasteiger partial charge in [-0.05, 0) is 43.0 Å². The van der Waals surface area contributed by atoms with Crippen molar-refractivity contribution in [1.29, 1.82) is 0 Å². The summed E-state index contributed by atoms with van der Waals surface area (Å²) in [5, 5.41) is 3.63. The zero-order chi connectivity index (χ0) is 17.5. The summed E-state index contributed by atoms with van der Waals surface area (Å²) in [6.45, 7) is 2.46. The van der Waals surface area contributed by atoms with E-state index in [9.17, 15) is 4.79 Å². The maximum atomic E-state index is 12.4. The standard InChI is InChI=1S/C19H23ClN4O/c20-16-7-5-6-15(14-16)8-10-21-18(25)17-9-11-22-19(23-17)24-12-3-1-2-4-13-24/h5-7,9,11,14H,1-4,8,10,12-13H2,(H,21,25). The van der Waals surface area contributed by atoms with E-state index in [4.69, 9.17) is 11.6 Å². The molecule has 2 aromatic rings. The molecule has 1 saturated heterocycles. The van der Waals surface area contributed by atoms with E-state index in [1.165, 1.54) is 12.8 Å². The van der Waals surface area contributed by atoms with Gasteiger partial charge in [0, 0.05) is 30.9 Å². The number of aromatic nitrogens is 2. The van der Waals surface area contributed by atoms with Crippen LogP contribution in [0.2, 0.25) is 5.02 Å². The quantitative estimate of drug-likeness (QED) is 0.888. The number of hydrogen-bond donors (Lipinski definition) is 1. The molecule has 0 bridgehead atoms. The summed E-state index contributed by atoms with van der Waals surface area (Å²) >= 11 is 5.98. The van der Waals surface area contributed by atoms with Crippen molar-refractivity contribution in [2.24, 2.45) is 0 Å². The Morgan fingerprint density at radius 3 is 2.72 bits per heavy atom. The fourth-order valence-electron chi connectivity index (χ4n) is 3.00. The third-order valence-electron chi connectivity index (χ3n) is 4.35. The number of nitrogens with zero attached hydrogens (tertiary/aromatic N) is 3. The minimum atomic E-state index is -0.166. The Morgan fingerprint density at radius 2 is 1.96 bits per heavy atom. The van der Waals surface area contributed by atoms with Crippen LogP contribution in [0.15, 0.2) is 36.5 Å². The van der Waals surface area contributed by atoms with E-state index in [1.807, 2.05) is 24.3 Å². The molecular formula is C19H23ClN4O. The highest BCUT2D eigenvalue weighted by molar-refractivity contribution is 6.30. The first kappa shape index (κ1) is 17.7. The lowest BCUT2D eigenvalue weighted by atomic mass is 10.1. The number of amides is 1. The van der Waals surface area contributed by atoms with Crippen LogP contribution in [-0.2, 0) is 6.42 Å². The van der Waals surface area contributed by atoms with Crippen molar-refractivity contribution in [1.82, 2.24) is 15.3 Å². The van der Waals surface area contributed by atoms with E-state index in [-0.39, 0.29) is 5.91 Å². The molecule has 1 aromatic carbocycles. The van der Waals surface area contributed by atoms with Gasteiger partial charge in [0.25, 0.3) is 5.91 Å². The SMILES string of the molecule is O=C(NCCc1cccc(Cl)c1)c1ccnc(N2CCCCCC2)n1. The molecule has 0 unspecified atom stereocenters. The first-order valence-electron chi connectivity index (χ1n) is 8.83. The molecule has 0 radical (unpaired) electrons. The summed E-state index contributed by atoms with van der Waals surface area (Å²) in [5.74, 6) is 0.491. The molecule has 25 heavy (non-hydrogen) atoms. The Balaban J connectivity index is 1.57. The second-order valence-corrected chi connectivity index (χ2v) is 6.72. The Kier molecular flexibility index (Phi) is 6.23. The normalized spacial score (nSPS) is 14.8. The van der Waals surface area contributed by atoms with Crippen LogP contribution in [0.5, 0.6) is 0 Å². The minimum Gasteiger partial charge on any atom is -0.350 e. The van der Waals surface area contributed by atoms with Gasteiger partial charge in [0.2, 0.25) is 5.95 Å². The Morgan fingerprint density at radius 1 is 1.16 bits per heavy atom. The van der Waals surface area contributed by atoms with Gasteiger partial charge in [0.05, 0.1) is 0 Å². The van der Waals surface area contributed by atoms with E-state index in [0.29, 0.717) is 23.2 Å². The van der Waals surface area contributed by atoms with Gasteiger partial charge < -0.3 is 10.2 Å². The Labute approximate surface area is 153 Å². The number of carbonyl (C=O) groups excluding carboxylic acids is 1. The van der Waals surface area contributed by atoms with E-state index in [1.54, 1.807) is 12.3 Å². The Hall–Kier alpha value is -2.14. The zero-order valence-electron chi connectivity index (χ0n) is 14.2. The molecular weight excluding hydrogens is 336 g/mol. The maximum absolute atomic E-state index is 12.4. The molecule has 3 rings (SSSR count). The molecule has 0 spiro atoms. The van der Waals surface area contributed by atoms with Crippen LogP contribution in [0.1, 0.15) is 41.7 Å². The van der Waals surface area contributed by atoms with Crippen molar-refractivity contribution >= 4 is 23.5 Å². The number of anilines is 1. The van der Waals surface area contributed by atoms with Crippen LogP contribution in [0.4, 0.5) is 5.95 Å². The lowest BCUT2D eigenvalue weighted by molar-refractivity contribution is 0.0949. The van der Waals surface area contributed by atoms with Crippen molar-refractivity contribution in [3.8, 4) is 0 Å². The van der Waals surface area contributed by atoms with Crippen LogP contribution in [0, 0.1) is 0 Å². The zero-order valence-corrected chi connectivity index (χ0v) is 15.0. The van der Waals surface area contributed by atoms with Gasteiger partial charge in [0.1, 0.15) is 5.69 Å². The van der Waals surface area contributed by atoms with Crippen LogP contribution in [-0.4, -0.2) is 35.5 Å². The predicted octanol–water partition coefficient (Wildman–Crippen LogP) is 3.48. The summed E-state index contributed by atoms with van der Waals surface area (Å²) in [6.07, 6.45) is 7.20. The summed E-state index contributed by atoms with van der Waals surface area (Å²) in [4.78, 5) is 23.3. The molecule has 0 saturated carbocycles. The van der Waals surface area contributed by atoms with E-state index >= 15 is 0 Å². The summed E-state index contributed by atoms with van der Waals surface area (Å²) in [5.41, 5.74) is 1.51. The van der Waals surface area contributed by atoms with Gasteiger partial charge in [0.15, 0.2) is 0 Å². The maximum Gasteiger partial charge on any atom is 0.270 e. The predicted molar refractivity (Wildman–Crippen MR) is 100 cm³/mol. The summed E-state index contributed by atoms with van der Waals surface area (Å²) in [7, 11) is 0. The van der Waals surface area contributed by atoms with Gasteiger partial charge >= 0.3 is 0 Å². The van der Waals surface area contributed by atoms with E-state index in [0.717, 1.165) is 37.9 Å². The van der Waals surface area contributed by atoms with Gasteiger partial charge in [-0.25, -0.2) is 9.97 Å². The number of hydrogen-bond acceptors (Lipinski definition) is 4. The number of benzene rings is 1.